The molecule has 1 aliphatic heterocycles. The summed E-state index contributed by atoms with van der Waals surface area (Å²) in [5.74, 6) is -0.457. The van der Waals surface area contributed by atoms with Crippen LogP contribution in [0.15, 0.2) is 24.3 Å². The van der Waals surface area contributed by atoms with Crippen molar-refractivity contribution in [2.75, 3.05) is 18.6 Å². The number of carbonyl (C=O) groups is 2. The molecule has 78 valence electrons. The first-order valence-corrected chi connectivity index (χ1v) is 4.67. The number of amides is 1. The van der Waals surface area contributed by atoms with Crippen LogP contribution in [0, 0.1) is 0 Å². The summed E-state index contributed by atoms with van der Waals surface area (Å²) in [4.78, 5) is 24.2. The molecule has 1 heterocycles. The van der Waals surface area contributed by atoms with Gasteiger partial charge < -0.3 is 9.64 Å². The molecule has 1 aliphatic rings. The summed E-state index contributed by atoms with van der Waals surface area (Å²) < 4.78 is 4.54. The van der Waals surface area contributed by atoms with Gasteiger partial charge in [0.05, 0.1) is 13.5 Å². The molecule has 0 saturated heterocycles. The maximum atomic E-state index is 11.6. The first-order valence-electron chi connectivity index (χ1n) is 4.67. The van der Waals surface area contributed by atoms with Crippen molar-refractivity contribution in [1.29, 1.82) is 0 Å². The molecule has 4 heteroatoms. The fourth-order valence-electron chi connectivity index (χ4n) is 1.68. The number of benzene rings is 1. The highest BCUT2D eigenvalue weighted by Gasteiger charge is 2.28. The van der Waals surface area contributed by atoms with E-state index in [2.05, 4.69) is 4.74 Å². The number of fused-ring (bicyclic) bond motifs is 1. The predicted octanol–water partition coefficient (Wildman–Crippen LogP) is 0.749. The van der Waals surface area contributed by atoms with Gasteiger partial charge in [-0.15, -0.1) is 0 Å². The number of nitrogens with zero attached hydrogens (tertiary/aromatic N) is 1. The Balaban J connectivity index is 2.26. The zero-order chi connectivity index (χ0) is 10.8. The number of hydrogen-bond donors (Lipinski definition) is 0. The Morgan fingerprint density at radius 1 is 1.47 bits per heavy atom. The molecular weight excluding hydrogens is 194 g/mol. The van der Waals surface area contributed by atoms with E-state index in [4.69, 9.17) is 0 Å². The van der Waals surface area contributed by atoms with E-state index in [1.165, 1.54) is 12.0 Å². The number of esters is 1. The number of methoxy groups -OCH3 is 1. The zero-order valence-electron chi connectivity index (χ0n) is 8.40. The van der Waals surface area contributed by atoms with Gasteiger partial charge in [0.1, 0.15) is 6.54 Å². The minimum absolute atomic E-state index is 0.00759. The van der Waals surface area contributed by atoms with E-state index in [0.29, 0.717) is 6.42 Å². The molecule has 1 aromatic carbocycles. The lowest BCUT2D eigenvalue weighted by Gasteiger charge is -2.15. The van der Waals surface area contributed by atoms with Gasteiger partial charge in [-0.05, 0) is 11.6 Å². The van der Waals surface area contributed by atoms with Gasteiger partial charge in [0.25, 0.3) is 0 Å². The fourth-order valence-corrected chi connectivity index (χ4v) is 1.68. The molecule has 1 amide bonds. The third kappa shape index (κ3) is 1.70. The molecule has 0 saturated carbocycles. The third-order valence-electron chi connectivity index (χ3n) is 2.44. The Hall–Kier alpha value is -1.84. The summed E-state index contributed by atoms with van der Waals surface area (Å²) in [5, 5.41) is 0. The average Bonchev–Trinajstić information content (AvgIpc) is 2.55. The van der Waals surface area contributed by atoms with Crippen LogP contribution in [0.4, 0.5) is 5.69 Å². The van der Waals surface area contributed by atoms with Gasteiger partial charge in [0, 0.05) is 5.69 Å². The van der Waals surface area contributed by atoms with Crippen LogP contribution in [0.3, 0.4) is 0 Å². The summed E-state index contributed by atoms with van der Waals surface area (Å²) in [5.41, 5.74) is 1.78. The Labute approximate surface area is 87.4 Å². The van der Waals surface area contributed by atoms with Crippen molar-refractivity contribution in [3.63, 3.8) is 0 Å². The number of para-hydroxylation sites is 1. The third-order valence-corrected chi connectivity index (χ3v) is 2.44. The van der Waals surface area contributed by atoms with Crippen LogP contribution < -0.4 is 4.90 Å². The van der Waals surface area contributed by atoms with Crippen LogP contribution in [-0.2, 0) is 20.7 Å². The molecule has 0 unspecified atom stereocenters. The number of anilines is 1. The van der Waals surface area contributed by atoms with E-state index in [9.17, 15) is 9.59 Å². The molecular formula is C11H11NO3. The zero-order valence-corrected chi connectivity index (χ0v) is 8.40. The highest BCUT2D eigenvalue weighted by Crippen LogP contribution is 2.27. The summed E-state index contributed by atoms with van der Waals surface area (Å²) in [6.45, 7) is -0.00759. The molecule has 0 atom stereocenters. The second-order valence-electron chi connectivity index (χ2n) is 3.36. The van der Waals surface area contributed by atoms with Crippen LogP contribution in [0.2, 0.25) is 0 Å². The molecule has 0 N–H and O–H groups in total. The van der Waals surface area contributed by atoms with E-state index in [1.807, 2.05) is 24.3 Å². The van der Waals surface area contributed by atoms with Crippen LogP contribution in [-0.4, -0.2) is 25.5 Å². The topological polar surface area (TPSA) is 46.6 Å². The molecule has 0 spiro atoms. The lowest BCUT2D eigenvalue weighted by molar-refractivity contribution is -0.139. The molecule has 4 nitrogen and oxygen atoms in total. The second-order valence-corrected chi connectivity index (χ2v) is 3.36. The van der Waals surface area contributed by atoms with E-state index in [0.717, 1.165) is 11.3 Å². The van der Waals surface area contributed by atoms with Gasteiger partial charge in [-0.3, -0.25) is 9.59 Å². The Bertz CT molecular complexity index is 414. The number of ether oxygens (including phenoxy) is 1. The highest BCUT2D eigenvalue weighted by molar-refractivity contribution is 6.04. The van der Waals surface area contributed by atoms with E-state index in [1.54, 1.807) is 0 Å². The molecule has 0 fully saturated rings. The van der Waals surface area contributed by atoms with Crippen LogP contribution in [0.5, 0.6) is 0 Å². The Morgan fingerprint density at radius 2 is 2.20 bits per heavy atom. The normalized spacial score (nSPS) is 13.9. The number of hydrogen-bond acceptors (Lipinski definition) is 3. The first-order chi connectivity index (χ1) is 7.22. The summed E-state index contributed by atoms with van der Waals surface area (Å²) in [6, 6.07) is 7.46. The monoisotopic (exact) mass is 205 g/mol. The standard InChI is InChI=1S/C11H11NO3/c1-15-11(14)7-12-9-5-3-2-4-8(9)6-10(12)13/h2-5H,6-7H2,1H3. The van der Waals surface area contributed by atoms with Crippen LogP contribution >= 0.6 is 0 Å². The first kappa shape index (κ1) is 9.71. The smallest absolute Gasteiger partial charge is 0.325 e. The van der Waals surface area contributed by atoms with Crippen molar-refractivity contribution in [2.45, 2.75) is 6.42 Å². The van der Waals surface area contributed by atoms with Crippen molar-refractivity contribution >= 4 is 17.6 Å². The maximum Gasteiger partial charge on any atom is 0.325 e. The van der Waals surface area contributed by atoms with Crippen molar-refractivity contribution in [3.05, 3.63) is 29.8 Å². The quantitative estimate of drug-likeness (QED) is 0.669. The summed E-state index contributed by atoms with van der Waals surface area (Å²) in [6.07, 6.45) is 0.368. The van der Waals surface area contributed by atoms with Crippen molar-refractivity contribution in [3.8, 4) is 0 Å². The van der Waals surface area contributed by atoms with Crippen molar-refractivity contribution < 1.29 is 14.3 Å². The molecule has 0 radical (unpaired) electrons. The predicted molar refractivity (Wildman–Crippen MR) is 54.5 cm³/mol. The van der Waals surface area contributed by atoms with Gasteiger partial charge >= 0.3 is 5.97 Å². The number of rotatable bonds is 2. The summed E-state index contributed by atoms with van der Waals surface area (Å²) in [7, 11) is 1.31. The minimum Gasteiger partial charge on any atom is -0.468 e. The van der Waals surface area contributed by atoms with E-state index >= 15 is 0 Å². The van der Waals surface area contributed by atoms with Gasteiger partial charge in [0.15, 0.2) is 0 Å². The Morgan fingerprint density at radius 3 is 2.93 bits per heavy atom. The van der Waals surface area contributed by atoms with E-state index < -0.39 is 5.97 Å². The highest BCUT2D eigenvalue weighted by atomic mass is 16.5. The van der Waals surface area contributed by atoms with Gasteiger partial charge in [-0.25, -0.2) is 0 Å². The average molecular weight is 205 g/mol. The molecule has 0 aromatic heterocycles. The van der Waals surface area contributed by atoms with Gasteiger partial charge in [-0.2, -0.15) is 0 Å². The molecule has 15 heavy (non-hydrogen) atoms. The fraction of sp³-hybridized carbons (Fsp3) is 0.273. The summed E-state index contributed by atoms with van der Waals surface area (Å²) >= 11 is 0. The van der Waals surface area contributed by atoms with E-state index in [-0.39, 0.29) is 12.5 Å². The van der Waals surface area contributed by atoms with Gasteiger partial charge in [0.2, 0.25) is 5.91 Å². The lowest BCUT2D eigenvalue weighted by atomic mass is 10.2. The SMILES string of the molecule is COC(=O)CN1C(=O)Cc2ccccc21. The number of carbonyl (C=O) groups excluding carboxylic acids is 2. The van der Waals surface area contributed by atoms with Gasteiger partial charge in [-0.1, -0.05) is 18.2 Å². The molecule has 0 bridgehead atoms. The minimum atomic E-state index is -0.403. The largest absolute Gasteiger partial charge is 0.468 e. The van der Waals surface area contributed by atoms with Crippen molar-refractivity contribution in [1.82, 2.24) is 0 Å². The maximum absolute atomic E-state index is 11.6. The molecule has 1 aromatic rings. The lowest BCUT2D eigenvalue weighted by Crippen LogP contribution is -2.33. The molecule has 2 rings (SSSR count). The van der Waals surface area contributed by atoms with Crippen LogP contribution in [0.25, 0.3) is 0 Å². The second kappa shape index (κ2) is 3.73. The van der Waals surface area contributed by atoms with Crippen LogP contribution in [0.1, 0.15) is 5.56 Å². The Kier molecular flexibility index (Phi) is 2.41. The van der Waals surface area contributed by atoms with Crippen molar-refractivity contribution in [2.24, 2.45) is 0 Å². The molecule has 0 aliphatic carbocycles.